The molecule has 1 N–H and O–H groups in total. The summed E-state index contributed by atoms with van der Waals surface area (Å²) < 4.78 is 5.49. The Labute approximate surface area is 101 Å². The summed E-state index contributed by atoms with van der Waals surface area (Å²) in [7, 11) is 3.92. The molecule has 16 heavy (non-hydrogen) atoms. The first kappa shape index (κ1) is 14.0. The number of nitrogens with one attached hydrogen (secondary N) is 1. The van der Waals surface area contributed by atoms with E-state index in [0.29, 0.717) is 6.04 Å². The molecule has 0 aromatic rings. The van der Waals surface area contributed by atoms with Crippen molar-refractivity contribution in [1.29, 1.82) is 0 Å². The molecule has 0 amide bonds. The molecular formula is C14H29NO. The molecule has 0 heterocycles. The second kappa shape index (κ2) is 6.02. The first-order valence-corrected chi connectivity index (χ1v) is 6.72. The van der Waals surface area contributed by atoms with Crippen LogP contribution in [0.4, 0.5) is 0 Å². The number of ether oxygens (including phenoxy) is 1. The van der Waals surface area contributed by atoms with Gasteiger partial charge in [0.05, 0.1) is 5.60 Å². The molecule has 0 spiro atoms. The number of rotatable bonds is 6. The summed E-state index contributed by atoms with van der Waals surface area (Å²) in [5.41, 5.74) is 0.0247. The van der Waals surface area contributed by atoms with Gasteiger partial charge < -0.3 is 10.1 Å². The fourth-order valence-corrected chi connectivity index (χ4v) is 2.95. The predicted octanol–water partition coefficient (Wildman–Crippen LogP) is 3.22. The van der Waals surface area contributed by atoms with Crippen molar-refractivity contribution in [2.45, 2.75) is 64.5 Å². The van der Waals surface area contributed by atoms with Crippen molar-refractivity contribution in [3.63, 3.8) is 0 Å². The van der Waals surface area contributed by atoms with Crippen LogP contribution >= 0.6 is 0 Å². The Hall–Kier alpha value is -0.0800. The Kier molecular flexibility index (Phi) is 5.26. The molecule has 2 nitrogen and oxygen atoms in total. The smallest absolute Gasteiger partial charge is 0.0623 e. The van der Waals surface area contributed by atoms with Gasteiger partial charge in [-0.15, -0.1) is 0 Å². The van der Waals surface area contributed by atoms with Crippen LogP contribution in [0.5, 0.6) is 0 Å². The van der Waals surface area contributed by atoms with Crippen LogP contribution in [-0.2, 0) is 4.74 Å². The van der Waals surface area contributed by atoms with Gasteiger partial charge in [-0.2, -0.15) is 0 Å². The third-order valence-electron chi connectivity index (χ3n) is 4.43. The standard InChI is InChI=1S/C14H29NO/c1-11-7-6-8-12(11)13(15-4)9-10-14(2,3)16-5/h11-13,15H,6-10H2,1-5H3. The summed E-state index contributed by atoms with van der Waals surface area (Å²) in [5.74, 6) is 1.76. The molecule has 0 aromatic carbocycles. The maximum Gasteiger partial charge on any atom is 0.0623 e. The van der Waals surface area contributed by atoms with Crippen LogP contribution in [0.3, 0.4) is 0 Å². The Balaban J connectivity index is 2.43. The lowest BCUT2D eigenvalue weighted by molar-refractivity contribution is 0.00989. The van der Waals surface area contributed by atoms with Crippen molar-refractivity contribution in [2.75, 3.05) is 14.2 Å². The lowest BCUT2D eigenvalue weighted by Crippen LogP contribution is -2.37. The quantitative estimate of drug-likeness (QED) is 0.752. The molecule has 3 unspecified atom stereocenters. The largest absolute Gasteiger partial charge is 0.379 e. The molecule has 0 aromatic heterocycles. The minimum atomic E-state index is 0.0247. The van der Waals surface area contributed by atoms with Crippen LogP contribution < -0.4 is 5.32 Å². The van der Waals surface area contributed by atoms with E-state index in [2.05, 4.69) is 33.1 Å². The van der Waals surface area contributed by atoms with E-state index in [9.17, 15) is 0 Å². The fourth-order valence-electron chi connectivity index (χ4n) is 2.95. The summed E-state index contributed by atoms with van der Waals surface area (Å²) in [6.45, 7) is 6.76. The average Bonchev–Trinajstić information content (AvgIpc) is 2.66. The Morgan fingerprint density at radius 2 is 2.06 bits per heavy atom. The summed E-state index contributed by atoms with van der Waals surface area (Å²) in [6.07, 6.45) is 6.60. The number of hydrogen-bond donors (Lipinski definition) is 1. The van der Waals surface area contributed by atoms with Crippen molar-refractivity contribution < 1.29 is 4.74 Å². The highest BCUT2D eigenvalue weighted by atomic mass is 16.5. The van der Waals surface area contributed by atoms with Gasteiger partial charge in [-0.3, -0.25) is 0 Å². The zero-order valence-corrected chi connectivity index (χ0v) is 11.7. The topological polar surface area (TPSA) is 21.3 Å². The van der Waals surface area contributed by atoms with E-state index in [1.165, 1.54) is 25.7 Å². The Morgan fingerprint density at radius 3 is 2.50 bits per heavy atom. The highest BCUT2D eigenvalue weighted by Crippen LogP contribution is 2.35. The van der Waals surface area contributed by atoms with Crippen molar-refractivity contribution in [3.8, 4) is 0 Å². The van der Waals surface area contributed by atoms with Crippen LogP contribution in [0.25, 0.3) is 0 Å². The van der Waals surface area contributed by atoms with Crippen LogP contribution in [-0.4, -0.2) is 25.8 Å². The molecule has 1 aliphatic rings. The molecule has 1 fully saturated rings. The van der Waals surface area contributed by atoms with E-state index in [1.807, 2.05) is 7.11 Å². The molecule has 1 aliphatic carbocycles. The maximum absolute atomic E-state index is 5.49. The van der Waals surface area contributed by atoms with Gasteiger partial charge >= 0.3 is 0 Å². The van der Waals surface area contributed by atoms with Gasteiger partial charge in [-0.1, -0.05) is 19.8 Å². The maximum atomic E-state index is 5.49. The van der Waals surface area contributed by atoms with E-state index in [-0.39, 0.29) is 5.60 Å². The van der Waals surface area contributed by atoms with E-state index in [4.69, 9.17) is 4.74 Å². The van der Waals surface area contributed by atoms with Gasteiger partial charge in [0, 0.05) is 13.2 Å². The van der Waals surface area contributed by atoms with Crippen LogP contribution in [0.15, 0.2) is 0 Å². The molecule has 0 saturated heterocycles. The third kappa shape index (κ3) is 3.74. The summed E-state index contributed by atoms with van der Waals surface area (Å²) in [6, 6.07) is 0.673. The van der Waals surface area contributed by atoms with Crippen molar-refractivity contribution in [3.05, 3.63) is 0 Å². The summed E-state index contributed by atoms with van der Waals surface area (Å²) in [5, 5.41) is 3.52. The lowest BCUT2D eigenvalue weighted by Gasteiger charge is -2.30. The normalized spacial score (nSPS) is 28.3. The van der Waals surface area contributed by atoms with Gasteiger partial charge in [0.15, 0.2) is 0 Å². The predicted molar refractivity (Wildman–Crippen MR) is 69.7 cm³/mol. The van der Waals surface area contributed by atoms with E-state index >= 15 is 0 Å². The minimum absolute atomic E-state index is 0.0247. The minimum Gasteiger partial charge on any atom is -0.379 e. The highest BCUT2D eigenvalue weighted by Gasteiger charge is 2.31. The van der Waals surface area contributed by atoms with Crippen molar-refractivity contribution in [1.82, 2.24) is 5.32 Å². The zero-order chi connectivity index (χ0) is 12.2. The average molecular weight is 227 g/mol. The van der Waals surface area contributed by atoms with E-state index < -0.39 is 0 Å². The molecule has 0 radical (unpaired) electrons. The van der Waals surface area contributed by atoms with Gasteiger partial charge in [-0.05, 0) is 52.0 Å². The molecule has 96 valence electrons. The van der Waals surface area contributed by atoms with E-state index in [0.717, 1.165) is 18.3 Å². The second-order valence-corrected chi connectivity index (χ2v) is 5.97. The highest BCUT2D eigenvalue weighted by molar-refractivity contribution is 4.85. The first-order valence-electron chi connectivity index (χ1n) is 6.72. The van der Waals surface area contributed by atoms with Crippen LogP contribution in [0.2, 0.25) is 0 Å². The molecule has 2 heteroatoms. The number of hydrogen-bond acceptors (Lipinski definition) is 2. The third-order valence-corrected chi connectivity index (χ3v) is 4.43. The molecule has 0 aliphatic heterocycles. The summed E-state index contributed by atoms with van der Waals surface area (Å²) >= 11 is 0. The monoisotopic (exact) mass is 227 g/mol. The lowest BCUT2D eigenvalue weighted by atomic mass is 9.85. The zero-order valence-electron chi connectivity index (χ0n) is 11.7. The molecule has 1 rings (SSSR count). The van der Waals surface area contributed by atoms with Crippen LogP contribution in [0.1, 0.15) is 52.9 Å². The SMILES string of the molecule is CNC(CCC(C)(C)OC)C1CCCC1C. The molecule has 1 saturated carbocycles. The van der Waals surface area contributed by atoms with Crippen LogP contribution in [0, 0.1) is 11.8 Å². The molecular weight excluding hydrogens is 198 g/mol. The first-order chi connectivity index (χ1) is 7.50. The Bertz CT molecular complexity index is 203. The van der Waals surface area contributed by atoms with Crippen molar-refractivity contribution in [2.24, 2.45) is 11.8 Å². The molecule has 0 bridgehead atoms. The summed E-state index contributed by atoms with van der Waals surface area (Å²) in [4.78, 5) is 0. The van der Waals surface area contributed by atoms with E-state index in [1.54, 1.807) is 0 Å². The van der Waals surface area contributed by atoms with Gasteiger partial charge in [0.2, 0.25) is 0 Å². The Morgan fingerprint density at radius 1 is 1.38 bits per heavy atom. The number of methoxy groups -OCH3 is 1. The van der Waals surface area contributed by atoms with Gasteiger partial charge in [0.25, 0.3) is 0 Å². The second-order valence-electron chi connectivity index (χ2n) is 5.97. The van der Waals surface area contributed by atoms with Crippen molar-refractivity contribution >= 4 is 0 Å². The van der Waals surface area contributed by atoms with Gasteiger partial charge in [0.1, 0.15) is 0 Å². The molecule has 3 atom stereocenters. The van der Waals surface area contributed by atoms with Gasteiger partial charge in [-0.25, -0.2) is 0 Å². The fraction of sp³-hybridized carbons (Fsp3) is 1.00.